The monoisotopic (exact) mass is 354 g/mol. The number of aryl methyl sites for hydroxylation is 1. The number of fused-ring (bicyclic) bond motifs is 1. The fraction of sp³-hybridized carbons (Fsp3) is 0.550. The van der Waals surface area contributed by atoms with Crippen LogP contribution in [0.25, 0.3) is 0 Å². The number of nitrogens with zero attached hydrogens (tertiary/aromatic N) is 4. The zero-order chi connectivity index (χ0) is 18.1. The number of carbonyl (C=O) groups is 1. The summed E-state index contributed by atoms with van der Waals surface area (Å²) >= 11 is 0. The van der Waals surface area contributed by atoms with Crippen molar-refractivity contribution in [3.63, 3.8) is 0 Å². The Kier molecular flexibility index (Phi) is 4.66. The molecule has 2 aliphatic rings. The third kappa shape index (κ3) is 3.45. The first kappa shape index (κ1) is 17.1. The van der Waals surface area contributed by atoms with E-state index in [2.05, 4.69) is 28.9 Å². The van der Waals surface area contributed by atoms with Gasteiger partial charge in [0.1, 0.15) is 5.82 Å². The second-order valence-electron chi connectivity index (χ2n) is 7.34. The number of aromatic nitrogens is 3. The predicted octanol–water partition coefficient (Wildman–Crippen LogP) is 2.91. The summed E-state index contributed by atoms with van der Waals surface area (Å²) in [6, 6.07) is 4.32. The Hall–Kier alpha value is -2.37. The van der Waals surface area contributed by atoms with Crippen LogP contribution in [-0.2, 0) is 17.7 Å². The molecule has 1 saturated heterocycles. The summed E-state index contributed by atoms with van der Waals surface area (Å²) in [4.78, 5) is 23.3. The molecule has 2 atom stereocenters. The Balaban J connectivity index is 1.51. The summed E-state index contributed by atoms with van der Waals surface area (Å²) in [7, 11) is 0. The minimum Gasteiger partial charge on any atom is -0.461 e. The average Bonchev–Trinajstić information content (AvgIpc) is 3.04. The van der Waals surface area contributed by atoms with Crippen molar-refractivity contribution in [2.75, 3.05) is 24.6 Å². The first-order chi connectivity index (χ1) is 12.7. The second kappa shape index (κ2) is 7.09. The molecule has 3 heterocycles. The highest BCUT2D eigenvalue weighted by Gasteiger charge is 2.45. The van der Waals surface area contributed by atoms with E-state index in [-0.39, 0.29) is 5.97 Å². The van der Waals surface area contributed by atoms with Crippen LogP contribution < -0.4 is 4.90 Å². The summed E-state index contributed by atoms with van der Waals surface area (Å²) in [6.45, 7) is 7.32. The smallest absolute Gasteiger partial charge is 0.358 e. The lowest BCUT2D eigenvalue weighted by Gasteiger charge is -2.21. The molecule has 1 aliphatic heterocycles. The van der Waals surface area contributed by atoms with Crippen molar-refractivity contribution in [3.05, 3.63) is 41.6 Å². The molecule has 0 aromatic carbocycles. The van der Waals surface area contributed by atoms with Crippen LogP contribution >= 0.6 is 0 Å². The van der Waals surface area contributed by atoms with E-state index in [1.165, 1.54) is 12.0 Å². The van der Waals surface area contributed by atoms with E-state index >= 15 is 0 Å². The molecule has 4 rings (SSSR count). The summed E-state index contributed by atoms with van der Waals surface area (Å²) in [5.74, 6) is 2.54. The number of pyridine rings is 1. The molecule has 138 valence electrons. The van der Waals surface area contributed by atoms with Gasteiger partial charge in [-0.2, -0.15) is 0 Å². The lowest BCUT2D eigenvalue weighted by Crippen LogP contribution is -2.23. The van der Waals surface area contributed by atoms with E-state index in [1.807, 2.05) is 4.57 Å². The van der Waals surface area contributed by atoms with Crippen LogP contribution in [0.5, 0.6) is 0 Å². The minimum absolute atomic E-state index is 0.352. The maximum absolute atomic E-state index is 11.8. The number of carbonyl (C=O) groups excluding carboxylic acids is 1. The molecule has 0 radical (unpaired) electrons. The van der Waals surface area contributed by atoms with Crippen LogP contribution in [0.15, 0.2) is 24.7 Å². The molecule has 26 heavy (non-hydrogen) atoms. The normalized spacial score (nSPS) is 20.9. The van der Waals surface area contributed by atoms with Crippen LogP contribution in [0, 0.1) is 11.8 Å². The molecule has 0 bridgehead atoms. The second-order valence-corrected chi connectivity index (χ2v) is 7.34. The van der Waals surface area contributed by atoms with Gasteiger partial charge in [0, 0.05) is 25.0 Å². The predicted molar refractivity (Wildman–Crippen MR) is 99.3 cm³/mol. The van der Waals surface area contributed by atoms with Crippen LogP contribution in [-0.4, -0.2) is 40.2 Å². The zero-order valence-electron chi connectivity index (χ0n) is 15.5. The molecule has 0 amide bonds. The zero-order valence-corrected chi connectivity index (χ0v) is 15.5. The Morgan fingerprint density at radius 3 is 2.81 bits per heavy atom. The maximum atomic E-state index is 11.8. The topological polar surface area (TPSA) is 60.2 Å². The van der Waals surface area contributed by atoms with E-state index in [1.54, 1.807) is 19.4 Å². The lowest BCUT2D eigenvalue weighted by atomic mass is 10.1. The standard InChI is InChI=1S/C20H26N4O2/c1-3-5-17-14(9-23-12-18(21-13-23)20(25)26-4-2)6-7-19(22-17)24-10-15-8-16(15)11-24/h6-7,12-13,15-16H,3-5,8-11H2,1-2H3. The van der Waals surface area contributed by atoms with Crippen molar-refractivity contribution in [1.82, 2.24) is 14.5 Å². The van der Waals surface area contributed by atoms with Gasteiger partial charge in [-0.1, -0.05) is 19.4 Å². The fourth-order valence-corrected chi connectivity index (χ4v) is 3.83. The van der Waals surface area contributed by atoms with E-state index in [9.17, 15) is 4.79 Å². The van der Waals surface area contributed by atoms with E-state index < -0.39 is 0 Å². The van der Waals surface area contributed by atoms with Crippen LogP contribution in [0.4, 0.5) is 5.82 Å². The molecular weight excluding hydrogens is 328 g/mol. The van der Waals surface area contributed by atoms with Gasteiger partial charge in [-0.05, 0) is 43.2 Å². The molecule has 0 spiro atoms. The van der Waals surface area contributed by atoms with E-state index in [4.69, 9.17) is 9.72 Å². The number of anilines is 1. The molecule has 0 N–H and O–H groups in total. The first-order valence-corrected chi connectivity index (χ1v) is 9.60. The minimum atomic E-state index is -0.374. The average molecular weight is 354 g/mol. The largest absolute Gasteiger partial charge is 0.461 e. The molecule has 6 nitrogen and oxygen atoms in total. The van der Waals surface area contributed by atoms with Gasteiger partial charge < -0.3 is 14.2 Å². The maximum Gasteiger partial charge on any atom is 0.358 e. The summed E-state index contributed by atoms with van der Waals surface area (Å²) < 4.78 is 6.93. The molecule has 1 aliphatic carbocycles. The van der Waals surface area contributed by atoms with Crippen molar-refractivity contribution in [2.45, 2.75) is 39.7 Å². The van der Waals surface area contributed by atoms with Crippen molar-refractivity contribution in [1.29, 1.82) is 0 Å². The summed E-state index contributed by atoms with van der Waals surface area (Å²) in [5, 5.41) is 0. The molecule has 1 saturated carbocycles. The van der Waals surface area contributed by atoms with Crippen LogP contribution in [0.1, 0.15) is 48.4 Å². The van der Waals surface area contributed by atoms with Gasteiger partial charge in [-0.15, -0.1) is 0 Å². The number of hydrogen-bond donors (Lipinski definition) is 0. The number of imidazole rings is 1. The molecule has 2 fully saturated rings. The number of ether oxygens (including phenoxy) is 1. The number of piperidine rings is 1. The Bertz CT molecular complexity index is 791. The highest BCUT2D eigenvalue weighted by atomic mass is 16.5. The molecular formula is C20H26N4O2. The molecule has 2 aromatic heterocycles. The summed E-state index contributed by atoms with van der Waals surface area (Å²) in [5.41, 5.74) is 2.69. The summed E-state index contributed by atoms with van der Waals surface area (Å²) in [6.07, 6.45) is 6.86. The Morgan fingerprint density at radius 1 is 1.27 bits per heavy atom. The number of hydrogen-bond acceptors (Lipinski definition) is 5. The molecule has 2 aromatic rings. The third-order valence-electron chi connectivity index (χ3n) is 5.31. The van der Waals surface area contributed by atoms with Gasteiger partial charge in [0.15, 0.2) is 5.69 Å². The van der Waals surface area contributed by atoms with Crippen molar-refractivity contribution in [3.8, 4) is 0 Å². The van der Waals surface area contributed by atoms with Gasteiger partial charge in [0.05, 0.1) is 19.5 Å². The van der Waals surface area contributed by atoms with Gasteiger partial charge in [0.25, 0.3) is 0 Å². The quantitative estimate of drug-likeness (QED) is 0.716. The Labute approximate surface area is 154 Å². The van der Waals surface area contributed by atoms with Gasteiger partial charge in [-0.3, -0.25) is 0 Å². The molecule has 6 heteroatoms. The van der Waals surface area contributed by atoms with E-state index in [0.717, 1.165) is 49.3 Å². The van der Waals surface area contributed by atoms with Gasteiger partial charge in [-0.25, -0.2) is 14.8 Å². The van der Waals surface area contributed by atoms with Crippen molar-refractivity contribution >= 4 is 11.8 Å². The van der Waals surface area contributed by atoms with E-state index in [0.29, 0.717) is 18.8 Å². The number of esters is 1. The highest BCUT2D eigenvalue weighted by Crippen LogP contribution is 2.46. The van der Waals surface area contributed by atoms with Crippen LogP contribution in [0.2, 0.25) is 0 Å². The van der Waals surface area contributed by atoms with Gasteiger partial charge >= 0.3 is 5.97 Å². The van der Waals surface area contributed by atoms with Crippen LogP contribution in [0.3, 0.4) is 0 Å². The SMILES string of the molecule is CCCc1nc(N2CC3CC3C2)ccc1Cn1cnc(C(=O)OCC)c1. The number of rotatable bonds is 7. The Morgan fingerprint density at radius 2 is 2.08 bits per heavy atom. The van der Waals surface area contributed by atoms with Crippen molar-refractivity contribution < 1.29 is 9.53 Å². The van der Waals surface area contributed by atoms with Crippen molar-refractivity contribution in [2.24, 2.45) is 11.8 Å². The van der Waals surface area contributed by atoms with Gasteiger partial charge in [0.2, 0.25) is 0 Å². The first-order valence-electron chi connectivity index (χ1n) is 9.60. The third-order valence-corrected chi connectivity index (χ3v) is 5.31. The lowest BCUT2D eigenvalue weighted by molar-refractivity contribution is 0.0520. The molecule has 2 unspecified atom stereocenters. The highest BCUT2D eigenvalue weighted by molar-refractivity contribution is 5.86. The fourth-order valence-electron chi connectivity index (χ4n) is 3.83.